The number of ether oxygens (including phenoxy) is 1. The average molecular weight is 473 g/mol. The van der Waals surface area contributed by atoms with Crippen LogP contribution in [0.3, 0.4) is 0 Å². The smallest absolute Gasteiger partial charge is 0.251 e. The van der Waals surface area contributed by atoms with Gasteiger partial charge < -0.3 is 10.1 Å². The van der Waals surface area contributed by atoms with Crippen LogP contribution in [-0.4, -0.2) is 33.7 Å². The zero-order valence-corrected chi connectivity index (χ0v) is 19.3. The monoisotopic (exact) mass is 472 g/mol. The molecular formula is C24H25ClN2O4S. The maximum atomic E-state index is 12.3. The van der Waals surface area contributed by atoms with Crippen molar-refractivity contribution in [1.29, 1.82) is 0 Å². The van der Waals surface area contributed by atoms with E-state index >= 15 is 0 Å². The Morgan fingerprint density at radius 2 is 1.59 bits per heavy atom. The largest absolute Gasteiger partial charge is 0.375 e. The summed E-state index contributed by atoms with van der Waals surface area (Å²) in [7, 11) is -3.50. The summed E-state index contributed by atoms with van der Waals surface area (Å²) < 4.78 is 31.4. The predicted octanol–water partition coefficient (Wildman–Crippen LogP) is 4.25. The number of hydrogen-bond acceptors (Lipinski definition) is 4. The predicted molar refractivity (Wildman–Crippen MR) is 127 cm³/mol. The SMILES string of the molecule is CS(=O)(=O)N(Cc1ccc(C(=O)NCCOCc2ccccc2)cc1)c1ccc(Cl)cc1. The summed E-state index contributed by atoms with van der Waals surface area (Å²) in [4.78, 5) is 12.3. The Balaban J connectivity index is 1.52. The summed E-state index contributed by atoms with van der Waals surface area (Å²) in [6, 6.07) is 23.3. The van der Waals surface area contributed by atoms with Crippen LogP contribution in [0.2, 0.25) is 5.02 Å². The third kappa shape index (κ3) is 7.09. The molecule has 0 aliphatic carbocycles. The van der Waals surface area contributed by atoms with Crippen molar-refractivity contribution < 1.29 is 17.9 Å². The molecule has 3 aromatic carbocycles. The van der Waals surface area contributed by atoms with Gasteiger partial charge in [-0.1, -0.05) is 54.1 Å². The number of anilines is 1. The van der Waals surface area contributed by atoms with Crippen LogP contribution in [0.1, 0.15) is 21.5 Å². The first-order valence-corrected chi connectivity index (χ1v) is 12.3. The summed E-state index contributed by atoms with van der Waals surface area (Å²) in [5.74, 6) is -0.211. The first-order chi connectivity index (χ1) is 15.3. The molecule has 6 nitrogen and oxygen atoms in total. The normalized spacial score (nSPS) is 11.2. The molecule has 0 aromatic heterocycles. The molecule has 0 atom stereocenters. The molecule has 0 saturated heterocycles. The van der Waals surface area contributed by atoms with Gasteiger partial charge in [-0.2, -0.15) is 0 Å². The zero-order chi connectivity index (χ0) is 23.0. The standard InChI is InChI=1S/C24H25ClN2O4S/c1-32(29,30)27(23-13-11-22(25)12-14-23)17-19-7-9-21(10-8-19)24(28)26-15-16-31-18-20-5-3-2-4-6-20/h2-14H,15-18H2,1H3,(H,26,28). The lowest BCUT2D eigenvalue weighted by atomic mass is 10.1. The van der Waals surface area contributed by atoms with Gasteiger partial charge in [-0.15, -0.1) is 0 Å². The fourth-order valence-electron chi connectivity index (χ4n) is 3.04. The van der Waals surface area contributed by atoms with E-state index in [9.17, 15) is 13.2 Å². The lowest BCUT2D eigenvalue weighted by Crippen LogP contribution is -2.29. The highest BCUT2D eigenvalue weighted by atomic mass is 35.5. The van der Waals surface area contributed by atoms with Crippen LogP contribution >= 0.6 is 11.6 Å². The average Bonchev–Trinajstić information content (AvgIpc) is 2.78. The molecule has 32 heavy (non-hydrogen) atoms. The van der Waals surface area contributed by atoms with Crippen LogP contribution in [0.4, 0.5) is 5.69 Å². The van der Waals surface area contributed by atoms with Crippen LogP contribution in [0.15, 0.2) is 78.9 Å². The van der Waals surface area contributed by atoms with Gasteiger partial charge in [0.15, 0.2) is 0 Å². The van der Waals surface area contributed by atoms with Gasteiger partial charge in [-0.25, -0.2) is 8.42 Å². The van der Waals surface area contributed by atoms with E-state index in [2.05, 4.69) is 5.32 Å². The maximum absolute atomic E-state index is 12.3. The summed E-state index contributed by atoms with van der Waals surface area (Å²) in [5.41, 5.74) is 2.85. The molecule has 0 aliphatic heterocycles. The first kappa shape index (κ1) is 23.8. The van der Waals surface area contributed by atoms with E-state index in [0.717, 1.165) is 17.4 Å². The van der Waals surface area contributed by atoms with E-state index in [-0.39, 0.29) is 12.5 Å². The highest BCUT2D eigenvalue weighted by Crippen LogP contribution is 2.23. The number of halogens is 1. The van der Waals surface area contributed by atoms with Crippen molar-refractivity contribution >= 4 is 33.2 Å². The second-order valence-electron chi connectivity index (χ2n) is 7.24. The van der Waals surface area contributed by atoms with Crippen molar-refractivity contribution in [2.45, 2.75) is 13.2 Å². The number of carbonyl (C=O) groups is 1. The Hall–Kier alpha value is -2.87. The lowest BCUT2D eigenvalue weighted by molar-refractivity contribution is 0.0901. The van der Waals surface area contributed by atoms with Gasteiger partial charge in [-0.3, -0.25) is 9.10 Å². The van der Waals surface area contributed by atoms with Gasteiger partial charge >= 0.3 is 0 Å². The molecule has 0 saturated carbocycles. The van der Waals surface area contributed by atoms with Crippen LogP contribution in [0.5, 0.6) is 0 Å². The van der Waals surface area contributed by atoms with Crippen molar-refractivity contribution in [3.8, 4) is 0 Å². The Labute approximate surface area is 193 Å². The summed E-state index contributed by atoms with van der Waals surface area (Å²) in [6.45, 7) is 1.44. The molecule has 0 aliphatic rings. The number of sulfonamides is 1. The quantitative estimate of drug-likeness (QED) is 0.447. The van der Waals surface area contributed by atoms with E-state index < -0.39 is 10.0 Å². The van der Waals surface area contributed by atoms with Gasteiger partial charge in [0.25, 0.3) is 5.91 Å². The highest BCUT2D eigenvalue weighted by Gasteiger charge is 2.18. The minimum atomic E-state index is -3.50. The lowest BCUT2D eigenvalue weighted by Gasteiger charge is -2.22. The van der Waals surface area contributed by atoms with Crippen LogP contribution in [0.25, 0.3) is 0 Å². The third-order valence-electron chi connectivity index (χ3n) is 4.70. The Morgan fingerprint density at radius 3 is 2.22 bits per heavy atom. The molecule has 0 unspecified atom stereocenters. The van der Waals surface area contributed by atoms with Crippen molar-refractivity contribution in [1.82, 2.24) is 5.32 Å². The Morgan fingerprint density at radius 1 is 0.938 bits per heavy atom. The Kier molecular flexibility index (Phi) is 8.27. The maximum Gasteiger partial charge on any atom is 0.251 e. The van der Waals surface area contributed by atoms with Gasteiger partial charge in [0.2, 0.25) is 10.0 Å². The highest BCUT2D eigenvalue weighted by molar-refractivity contribution is 7.92. The number of rotatable bonds is 10. The van der Waals surface area contributed by atoms with Crippen LogP contribution in [0, 0.1) is 0 Å². The van der Waals surface area contributed by atoms with Crippen molar-refractivity contribution in [3.05, 3.63) is 101 Å². The van der Waals surface area contributed by atoms with E-state index in [0.29, 0.717) is 36.0 Å². The van der Waals surface area contributed by atoms with Crippen molar-refractivity contribution in [2.24, 2.45) is 0 Å². The van der Waals surface area contributed by atoms with E-state index in [1.165, 1.54) is 4.31 Å². The number of carbonyl (C=O) groups excluding carboxylic acids is 1. The zero-order valence-electron chi connectivity index (χ0n) is 17.7. The second-order valence-corrected chi connectivity index (χ2v) is 9.58. The van der Waals surface area contributed by atoms with E-state index in [1.54, 1.807) is 48.5 Å². The molecule has 0 fully saturated rings. The molecule has 1 N–H and O–H groups in total. The number of nitrogens with one attached hydrogen (secondary N) is 1. The van der Waals surface area contributed by atoms with Crippen LogP contribution in [-0.2, 0) is 27.9 Å². The summed E-state index contributed by atoms with van der Waals surface area (Å²) in [6.07, 6.45) is 1.16. The molecule has 0 radical (unpaired) electrons. The number of benzene rings is 3. The van der Waals surface area contributed by atoms with E-state index in [4.69, 9.17) is 16.3 Å². The molecule has 168 valence electrons. The number of nitrogens with zero attached hydrogens (tertiary/aromatic N) is 1. The molecule has 1 amide bonds. The molecular weight excluding hydrogens is 448 g/mol. The minimum absolute atomic E-state index is 0.149. The summed E-state index contributed by atoms with van der Waals surface area (Å²) >= 11 is 5.91. The van der Waals surface area contributed by atoms with Crippen molar-refractivity contribution in [2.75, 3.05) is 23.7 Å². The van der Waals surface area contributed by atoms with Gasteiger partial charge in [-0.05, 0) is 47.5 Å². The molecule has 3 aromatic rings. The number of hydrogen-bond donors (Lipinski definition) is 1. The molecule has 0 heterocycles. The third-order valence-corrected chi connectivity index (χ3v) is 6.09. The topological polar surface area (TPSA) is 75.7 Å². The van der Waals surface area contributed by atoms with Gasteiger partial charge in [0.05, 0.1) is 31.7 Å². The second kappa shape index (κ2) is 11.1. The van der Waals surface area contributed by atoms with Gasteiger partial charge in [0.1, 0.15) is 0 Å². The number of amides is 1. The Bertz CT molecular complexity index is 1120. The first-order valence-electron chi connectivity index (χ1n) is 10.0. The van der Waals surface area contributed by atoms with E-state index in [1.807, 2.05) is 30.3 Å². The summed E-state index contributed by atoms with van der Waals surface area (Å²) in [5, 5.41) is 3.35. The molecule has 0 spiro atoms. The van der Waals surface area contributed by atoms with Crippen LogP contribution < -0.4 is 9.62 Å². The van der Waals surface area contributed by atoms with Gasteiger partial charge in [0, 0.05) is 17.1 Å². The molecule has 0 bridgehead atoms. The molecule has 8 heteroatoms. The minimum Gasteiger partial charge on any atom is -0.375 e. The van der Waals surface area contributed by atoms with Crippen molar-refractivity contribution in [3.63, 3.8) is 0 Å². The molecule has 3 rings (SSSR count). The fraction of sp³-hybridized carbons (Fsp3) is 0.208. The fourth-order valence-corrected chi connectivity index (χ4v) is 4.05.